The van der Waals surface area contributed by atoms with Crippen molar-refractivity contribution in [3.05, 3.63) is 128 Å². The number of phosphoric acid groups is 2. The molecular formula is C97H162N10O26P2. The number of carboxylic acid groups (broad SMARTS) is 1. The standard InChI is InChI=1S/C97H162N10O26P2/c1-60(2)32-22-33-61(3)34-23-35-62(4)36-24-37-63(5)38-25-39-64(6)40-26-41-65(7)42-27-43-66(8)44-28-45-67(9)46-29-47-68(10)48-30-49-69(11)50-31-51-70(12)55-57-127-134(123,124)133-135(125,126)132-97-84(105-77(19)111)88(87(81(59-109)130-97)131-96-83(104-76(18)110)86(114)85(113)80(58-108)129-96)128-75(17)93(119)101-73(15)92(118)107-78(89(99)115)53-54-82(112)106-79(52-20-21-56-100-90(116)71(13)98)94(120)102-72(14)91(117)103-74(16)95(121)122/h32,34,36,38,40,42,44,46,48,50,55,71-75,78-81,83-88,96-97,108-109,113-114H,20-31,33,35,37,39,41,43,45,47,49,51-54,56-59,98H2,1-19H3,(H2,99,115)(H,100,116)(H,101,119)(H,102,120)(H,103,117)(H,104,110)(H,105,111)(H,106,112)(H,107,118)(H,121,122)(H,123,124)(H,125,126)/b61-34+,62-36+,63-38-,64-40-,65-42-,66-44-,67-46-,68-48-,69-50-,70-55-/t71-,72+,73-,74+,75+,78+,79-,80+,81+,83+,84+,85+,86+,87+,88+,96-,97+/m0/s1. The number of aliphatic carboxylic acids is 1. The number of nitrogens with one attached hydrogen (secondary N) is 8. The number of carbonyl (C=O) groups excluding carboxylic acids is 9. The zero-order valence-electron chi connectivity index (χ0n) is 83.1. The first-order chi connectivity index (χ1) is 63.4. The molecule has 0 spiro atoms. The number of hydrogen-bond donors (Lipinski definition) is 17. The molecule has 2 aliphatic rings. The molecule has 2 saturated heterocycles. The summed E-state index contributed by atoms with van der Waals surface area (Å²) in [5, 5.41) is 71.6. The minimum absolute atomic E-state index is 0.0582. The second-order valence-corrected chi connectivity index (χ2v) is 39.0. The van der Waals surface area contributed by atoms with Crippen LogP contribution in [-0.2, 0) is 89.4 Å². The summed E-state index contributed by atoms with van der Waals surface area (Å²) in [6.45, 7) is 31.5. The summed E-state index contributed by atoms with van der Waals surface area (Å²) >= 11 is 0. The van der Waals surface area contributed by atoms with Crippen LogP contribution in [0.3, 0.4) is 0 Å². The van der Waals surface area contributed by atoms with Crippen molar-refractivity contribution >= 4 is 74.8 Å². The van der Waals surface area contributed by atoms with Crippen molar-refractivity contribution in [2.75, 3.05) is 26.4 Å². The van der Waals surface area contributed by atoms with Crippen molar-refractivity contribution in [1.82, 2.24) is 42.5 Å². The van der Waals surface area contributed by atoms with Gasteiger partial charge in [-0.25, -0.2) is 9.13 Å². The molecule has 135 heavy (non-hydrogen) atoms. The minimum atomic E-state index is -5.96. The number of unbranched alkanes of at least 4 members (excludes halogenated alkanes) is 1. The number of rotatable bonds is 65. The van der Waals surface area contributed by atoms with Crippen molar-refractivity contribution in [2.45, 2.75) is 396 Å². The van der Waals surface area contributed by atoms with Gasteiger partial charge in [0, 0.05) is 26.8 Å². The van der Waals surface area contributed by atoms with Crippen LogP contribution in [0.15, 0.2) is 128 Å². The van der Waals surface area contributed by atoms with Gasteiger partial charge in [-0.3, -0.25) is 57.0 Å². The van der Waals surface area contributed by atoms with Crippen LogP contribution in [0, 0.1) is 0 Å². The lowest BCUT2D eigenvalue weighted by atomic mass is 9.94. The smallest absolute Gasteiger partial charge is 0.480 e. The van der Waals surface area contributed by atoms with E-state index in [1.54, 1.807) is 6.92 Å². The van der Waals surface area contributed by atoms with Crippen LogP contribution in [0.4, 0.5) is 0 Å². The van der Waals surface area contributed by atoms with Gasteiger partial charge in [-0.1, -0.05) is 128 Å². The van der Waals surface area contributed by atoms with Gasteiger partial charge in [0.15, 0.2) is 12.6 Å². The molecule has 2 rings (SSSR count). The largest absolute Gasteiger partial charge is 0.483 e. The number of amides is 9. The number of aliphatic hydroxyl groups is 4. The monoisotopic (exact) mass is 1950 g/mol. The molecule has 0 saturated carbocycles. The lowest BCUT2D eigenvalue weighted by Gasteiger charge is -2.49. The molecule has 0 aliphatic carbocycles. The Hall–Kier alpha value is -8.26. The zero-order valence-corrected chi connectivity index (χ0v) is 84.9. The Morgan fingerprint density at radius 2 is 0.807 bits per heavy atom. The molecule has 19 N–H and O–H groups in total. The summed E-state index contributed by atoms with van der Waals surface area (Å²) in [6.07, 6.45) is 26.8. The third-order valence-corrected chi connectivity index (χ3v) is 25.4. The molecule has 0 bridgehead atoms. The van der Waals surface area contributed by atoms with E-state index in [0.29, 0.717) is 19.3 Å². The Kier molecular flexibility index (Phi) is 59.6. The Balaban J connectivity index is 2.11. The van der Waals surface area contributed by atoms with Crippen LogP contribution in [-0.4, -0.2) is 224 Å². The van der Waals surface area contributed by atoms with E-state index in [4.69, 9.17) is 39.5 Å². The molecule has 2 fully saturated rings. The summed E-state index contributed by atoms with van der Waals surface area (Å²) in [4.78, 5) is 152. The maximum atomic E-state index is 14.2. The number of ether oxygens (including phenoxy) is 4. The Bertz CT molecular complexity index is 4260. The highest BCUT2D eigenvalue weighted by Crippen LogP contribution is 2.61. The van der Waals surface area contributed by atoms with Gasteiger partial charge < -0.3 is 108 Å². The van der Waals surface area contributed by atoms with E-state index >= 15 is 0 Å². The number of aliphatic hydroxyl groups excluding tert-OH is 4. The van der Waals surface area contributed by atoms with E-state index in [0.717, 1.165) is 154 Å². The molecule has 0 aromatic rings. The van der Waals surface area contributed by atoms with Gasteiger partial charge in [0.05, 0.1) is 25.9 Å². The van der Waals surface area contributed by atoms with E-state index in [-0.39, 0.29) is 19.4 Å². The molecule has 2 unspecified atom stereocenters. The Labute approximate surface area is 799 Å². The molecule has 2 heterocycles. The van der Waals surface area contributed by atoms with Gasteiger partial charge >= 0.3 is 21.6 Å². The predicted molar refractivity (Wildman–Crippen MR) is 518 cm³/mol. The highest BCUT2D eigenvalue weighted by molar-refractivity contribution is 7.61. The van der Waals surface area contributed by atoms with E-state index in [1.165, 1.54) is 77.0 Å². The fourth-order valence-electron chi connectivity index (χ4n) is 14.4. The quantitative estimate of drug-likeness (QED) is 0.0153. The van der Waals surface area contributed by atoms with Gasteiger partial charge in [-0.05, 0) is 272 Å². The first-order valence-electron chi connectivity index (χ1n) is 47.1. The molecule has 766 valence electrons. The van der Waals surface area contributed by atoms with Gasteiger partial charge in [0.2, 0.25) is 53.2 Å². The van der Waals surface area contributed by atoms with Crippen molar-refractivity contribution in [1.29, 1.82) is 0 Å². The lowest BCUT2D eigenvalue weighted by Crippen LogP contribution is -2.70. The molecular weight excluding hydrogens is 1780 g/mol. The molecule has 9 amide bonds. The number of primary amides is 1. The van der Waals surface area contributed by atoms with Crippen LogP contribution < -0.4 is 54.0 Å². The summed E-state index contributed by atoms with van der Waals surface area (Å²) < 4.78 is 66.5. The number of phosphoric ester groups is 2. The van der Waals surface area contributed by atoms with E-state index < -0.39 is 211 Å². The first-order valence-corrected chi connectivity index (χ1v) is 50.1. The van der Waals surface area contributed by atoms with Crippen molar-refractivity contribution < 1.29 is 125 Å². The van der Waals surface area contributed by atoms with E-state index in [2.05, 4.69) is 177 Å². The highest BCUT2D eigenvalue weighted by Gasteiger charge is 2.55. The highest BCUT2D eigenvalue weighted by atomic mass is 31.3. The van der Waals surface area contributed by atoms with Crippen LogP contribution in [0.2, 0.25) is 0 Å². The minimum Gasteiger partial charge on any atom is -0.480 e. The molecule has 2 aliphatic heterocycles. The van der Waals surface area contributed by atoms with Crippen molar-refractivity contribution in [3.8, 4) is 0 Å². The van der Waals surface area contributed by atoms with Crippen LogP contribution in [0.1, 0.15) is 292 Å². The number of hydrogen-bond acceptors (Lipinski definition) is 24. The third kappa shape index (κ3) is 52.9. The molecule has 38 heteroatoms. The Morgan fingerprint density at radius 3 is 1.20 bits per heavy atom. The van der Waals surface area contributed by atoms with Gasteiger partial charge in [0.25, 0.3) is 0 Å². The Morgan fingerprint density at radius 1 is 0.422 bits per heavy atom. The molecule has 19 atom stereocenters. The van der Waals surface area contributed by atoms with E-state index in [1.807, 2.05) is 6.92 Å². The summed E-state index contributed by atoms with van der Waals surface area (Å²) in [5.41, 5.74) is 26.0. The van der Waals surface area contributed by atoms with Crippen LogP contribution in [0.5, 0.6) is 0 Å². The van der Waals surface area contributed by atoms with Gasteiger partial charge in [-0.15, -0.1) is 0 Å². The summed E-state index contributed by atoms with van der Waals surface area (Å²) in [7, 11) is -11.5. The molecule has 0 aromatic carbocycles. The molecule has 0 aromatic heterocycles. The van der Waals surface area contributed by atoms with E-state index in [9.17, 15) is 92.4 Å². The number of carboxylic acids is 1. The average Bonchev–Trinajstić information content (AvgIpc) is 0.764. The van der Waals surface area contributed by atoms with Crippen LogP contribution in [0.25, 0.3) is 0 Å². The topological polar surface area (TPSA) is 559 Å². The van der Waals surface area contributed by atoms with Crippen LogP contribution >= 0.6 is 15.6 Å². The SMILES string of the molecule is CC(=O)N[C@H]1[C@H](O[C@H]2[C@H](O[C@H](C)C(=O)N[C@@H](C)C(=O)N[C@H](CCC(=O)N[C@@H](CCCCNC(=O)[C@H](C)N)C(=O)N[C@H](C)C(=O)N[C@H](C)C(=O)O)C(N)=O)[C@@H](NC(C)=O)[C@@H](OP(=O)(O)OP(=O)(O)OC/C=C(/C)CC/C=C(/C)CC/C=C(/C)CC/C=C(/C)CC/C=C(/C)CC/C=C(/C)CC/C=C(/C)CC/C=C(/C)CC/C=C(\C)CC/C=C(\C)CCC=C(C)C)O[C@@H]2CO)O[C@H](CO)[C@@H](O)[C@@H]1O. The average molecular weight is 1950 g/mol. The first kappa shape index (κ1) is 123. The summed E-state index contributed by atoms with van der Waals surface area (Å²) in [6, 6.07) is -11.7. The zero-order chi connectivity index (χ0) is 102. The number of nitrogens with two attached hydrogens (primary N) is 2. The summed E-state index contributed by atoms with van der Waals surface area (Å²) in [5.74, 6) is -9.57. The number of carbonyl (C=O) groups is 10. The van der Waals surface area contributed by atoms with Gasteiger partial charge in [-0.2, -0.15) is 4.31 Å². The lowest BCUT2D eigenvalue weighted by molar-refractivity contribution is -0.331. The third-order valence-electron chi connectivity index (χ3n) is 22.8. The van der Waals surface area contributed by atoms with Gasteiger partial charge in [0.1, 0.15) is 85.0 Å². The molecule has 0 radical (unpaired) electrons. The second kappa shape index (κ2) is 65.6. The predicted octanol–water partition coefficient (Wildman–Crippen LogP) is 11.3. The fraction of sp³-hybridized carbons (Fsp3) is 0.670. The number of allylic oxidation sites excluding steroid dienone is 21. The fourth-order valence-corrected chi connectivity index (χ4v) is 16.5. The normalized spacial score (nSPS) is 22.2. The van der Waals surface area contributed by atoms with Crippen molar-refractivity contribution in [3.63, 3.8) is 0 Å². The second-order valence-electron chi connectivity index (χ2n) is 36.0. The molecule has 36 nitrogen and oxygen atoms in total. The maximum absolute atomic E-state index is 14.2. The maximum Gasteiger partial charge on any atom is 0.483 e. The van der Waals surface area contributed by atoms with Crippen molar-refractivity contribution in [2.24, 2.45) is 11.5 Å².